The Hall–Kier alpha value is -1.85. The number of aromatic nitrogens is 2. The Morgan fingerprint density at radius 1 is 1.47 bits per heavy atom. The summed E-state index contributed by atoms with van der Waals surface area (Å²) in [5.74, 6) is 1.66. The SMILES string of the molecule is CCc1nc(N)cc(NC(CC(C)C)C(=O)OC)n1. The summed E-state index contributed by atoms with van der Waals surface area (Å²) in [7, 11) is 1.38. The number of nitrogens with two attached hydrogens (primary N) is 1. The fourth-order valence-corrected chi connectivity index (χ4v) is 1.76. The van der Waals surface area contributed by atoms with E-state index in [-0.39, 0.29) is 5.97 Å². The van der Waals surface area contributed by atoms with Crippen molar-refractivity contribution < 1.29 is 9.53 Å². The molecule has 1 atom stereocenters. The standard InChI is InChI=1S/C13H22N4O2/c1-5-11-16-10(14)7-12(17-11)15-9(6-8(2)3)13(18)19-4/h7-9H,5-6H2,1-4H3,(H3,14,15,16,17). The van der Waals surface area contributed by atoms with Gasteiger partial charge in [-0.2, -0.15) is 0 Å². The second kappa shape index (κ2) is 6.92. The quantitative estimate of drug-likeness (QED) is 0.760. The Bertz CT molecular complexity index is 435. The van der Waals surface area contributed by atoms with Crippen LogP contribution in [0.15, 0.2) is 6.07 Å². The molecule has 0 aliphatic rings. The molecule has 0 aliphatic heterocycles. The summed E-state index contributed by atoms with van der Waals surface area (Å²) in [6.07, 6.45) is 1.35. The maximum absolute atomic E-state index is 11.7. The highest BCUT2D eigenvalue weighted by molar-refractivity contribution is 5.78. The molecule has 106 valence electrons. The monoisotopic (exact) mass is 266 g/mol. The first-order valence-electron chi connectivity index (χ1n) is 6.44. The summed E-state index contributed by atoms with van der Waals surface area (Å²) in [5, 5.41) is 3.07. The predicted molar refractivity (Wildman–Crippen MR) is 74.7 cm³/mol. The number of carbonyl (C=O) groups excluding carboxylic acids is 1. The van der Waals surface area contributed by atoms with E-state index in [1.54, 1.807) is 6.07 Å². The molecule has 1 rings (SSSR count). The first kappa shape index (κ1) is 15.2. The normalized spacial score (nSPS) is 12.3. The van der Waals surface area contributed by atoms with Crippen molar-refractivity contribution in [1.82, 2.24) is 9.97 Å². The first-order valence-corrected chi connectivity index (χ1v) is 6.44. The fourth-order valence-electron chi connectivity index (χ4n) is 1.76. The van der Waals surface area contributed by atoms with E-state index >= 15 is 0 Å². The fraction of sp³-hybridized carbons (Fsp3) is 0.615. The van der Waals surface area contributed by atoms with Gasteiger partial charge in [-0.1, -0.05) is 20.8 Å². The summed E-state index contributed by atoms with van der Waals surface area (Å²) in [5.41, 5.74) is 5.71. The van der Waals surface area contributed by atoms with Gasteiger partial charge in [-0.15, -0.1) is 0 Å². The van der Waals surface area contributed by atoms with Gasteiger partial charge in [-0.05, 0) is 12.3 Å². The Morgan fingerprint density at radius 2 is 2.16 bits per heavy atom. The molecule has 0 radical (unpaired) electrons. The molecule has 0 spiro atoms. The highest BCUT2D eigenvalue weighted by Gasteiger charge is 2.21. The molecule has 0 saturated carbocycles. The van der Waals surface area contributed by atoms with Crippen molar-refractivity contribution in [2.75, 3.05) is 18.2 Å². The van der Waals surface area contributed by atoms with Crippen molar-refractivity contribution in [3.63, 3.8) is 0 Å². The third kappa shape index (κ3) is 4.73. The van der Waals surface area contributed by atoms with Crippen LogP contribution in [-0.4, -0.2) is 29.1 Å². The molecule has 0 aromatic carbocycles. The van der Waals surface area contributed by atoms with E-state index in [0.717, 1.165) is 0 Å². The topological polar surface area (TPSA) is 90.1 Å². The molecule has 1 aromatic heterocycles. The van der Waals surface area contributed by atoms with Gasteiger partial charge in [0.05, 0.1) is 7.11 Å². The minimum atomic E-state index is -0.427. The number of esters is 1. The van der Waals surface area contributed by atoms with Crippen LogP contribution in [0.5, 0.6) is 0 Å². The molecular formula is C13H22N4O2. The minimum Gasteiger partial charge on any atom is -0.467 e. The van der Waals surface area contributed by atoms with E-state index in [9.17, 15) is 4.79 Å². The molecular weight excluding hydrogens is 244 g/mol. The third-order valence-electron chi connectivity index (χ3n) is 2.62. The number of nitrogen functional groups attached to an aromatic ring is 1. The summed E-state index contributed by atoms with van der Waals surface area (Å²) in [6.45, 7) is 6.04. The molecule has 1 unspecified atom stereocenters. The van der Waals surface area contributed by atoms with Crippen molar-refractivity contribution in [2.24, 2.45) is 5.92 Å². The van der Waals surface area contributed by atoms with Gasteiger partial charge in [-0.25, -0.2) is 14.8 Å². The molecule has 1 aromatic rings. The van der Waals surface area contributed by atoms with E-state index in [4.69, 9.17) is 10.5 Å². The van der Waals surface area contributed by atoms with Gasteiger partial charge in [0.15, 0.2) is 0 Å². The summed E-state index contributed by atoms with van der Waals surface area (Å²) >= 11 is 0. The van der Waals surface area contributed by atoms with E-state index in [0.29, 0.717) is 36.2 Å². The maximum atomic E-state index is 11.7. The molecule has 0 amide bonds. The number of nitrogens with one attached hydrogen (secondary N) is 1. The molecule has 6 nitrogen and oxygen atoms in total. The van der Waals surface area contributed by atoms with E-state index in [1.165, 1.54) is 7.11 Å². The van der Waals surface area contributed by atoms with Crippen LogP contribution in [0.3, 0.4) is 0 Å². The summed E-state index contributed by atoms with van der Waals surface area (Å²) in [4.78, 5) is 20.1. The van der Waals surface area contributed by atoms with Crippen LogP contribution in [0.25, 0.3) is 0 Å². The van der Waals surface area contributed by atoms with Gasteiger partial charge in [0, 0.05) is 12.5 Å². The van der Waals surface area contributed by atoms with E-state index < -0.39 is 6.04 Å². The van der Waals surface area contributed by atoms with Crippen LogP contribution in [-0.2, 0) is 16.0 Å². The molecule has 19 heavy (non-hydrogen) atoms. The van der Waals surface area contributed by atoms with Crippen LogP contribution in [0, 0.1) is 5.92 Å². The Morgan fingerprint density at radius 3 is 2.68 bits per heavy atom. The van der Waals surface area contributed by atoms with E-state index in [1.807, 2.05) is 20.8 Å². The maximum Gasteiger partial charge on any atom is 0.328 e. The lowest BCUT2D eigenvalue weighted by Crippen LogP contribution is -2.32. The van der Waals surface area contributed by atoms with Gasteiger partial charge in [0.25, 0.3) is 0 Å². The largest absolute Gasteiger partial charge is 0.467 e. The van der Waals surface area contributed by atoms with Crippen molar-refractivity contribution in [3.8, 4) is 0 Å². The number of methoxy groups -OCH3 is 1. The van der Waals surface area contributed by atoms with Crippen LogP contribution in [0.2, 0.25) is 0 Å². The number of ether oxygens (including phenoxy) is 1. The molecule has 0 fully saturated rings. The average molecular weight is 266 g/mol. The lowest BCUT2D eigenvalue weighted by molar-refractivity contribution is -0.141. The highest BCUT2D eigenvalue weighted by Crippen LogP contribution is 2.14. The number of hydrogen-bond donors (Lipinski definition) is 2. The van der Waals surface area contributed by atoms with E-state index in [2.05, 4.69) is 15.3 Å². The lowest BCUT2D eigenvalue weighted by Gasteiger charge is -2.19. The van der Waals surface area contributed by atoms with Crippen molar-refractivity contribution in [3.05, 3.63) is 11.9 Å². The highest BCUT2D eigenvalue weighted by atomic mass is 16.5. The summed E-state index contributed by atoms with van der Waals surface area (Å²) < 4.78 is 4.80. The van der Waals surface area contributed by atoms with Crippen LogP contribution in [0.1, 0.15) is 33.0 Å². The predicted octanol–water partition coefficient (Wildman–Crippen LogP) is 1.62. The smallest absolute Gasteiger partial charge is 0.328 e. The second-order valence-corrected chi connectivity index (χ2v) is 4.80. The zero-order chi connectivity index (χ0) is 14.4. The molecule has 6 heteroatoms. The van der Waals surface area contributed by atoms with Crippen molar-refractivity contribution >= 4 is 17.6 Å². The van der Waals surface area contributed by atoms with Crippen molar-refractivity contribution in [2.45, 2.75) is 39.7 Å². The number of nitrogens with zero attached hydrogens (tertiary/aromatic N) is 2. The van der Waals surface area contributed by atoms with Gasteiger partial charge >= 0.3 is 5.97 Å². The van der Waals surface area contributed by atoms with Gasteiger partial charge < -0.3 is 15.8 Å². The van der Waals surface area contributed by atoms with Crippen LogP contribution < -0.4 is 11.1 Å². The van der Waals surface area contributed by atoms with Gasteiger partial charge in [-0.3, -0.25) is 0 Å². The third-order valence-corrected chi connectivity index (χ3v) is 2.62. The second-order valence-electron chi connectivity index (χ2n) is 4.80. The zero-order valence-corrected chi connectivity index (χ0v) is 11.9. The molecule has 3 N–H and O–H groups in total. The minimum absolute atomic E-state index is 0.302. The Labute approximate surface area is 113 Å². The van der Waals surface area contributed by atoms with Crippen LogP contribution >= 0.6 is 0 Å². The van der Waals surface area contributed by atoms with Gasteiger partial charge in [0.2, 0.25) is 0 Å². The Balaban J connectivity index is 2.89. The lowest BCUT2D eigenvalue weighted by atomic mass is 10.0. The number of anilines is 2. The molecule has 1 heterocycles. The van der Waals surface area contributed by atoms with Gasteiger partial charge in [0.1, 0.15) is 23.5 Å². The molecule has 0 bridgehead atoms. The average Bonchev–Trinajstić information content (AvgIpc) is 2.35. The Kier molecular flexibility index (Phi) is 5.54. The number of aryl methyl sites for hydroxylation is 1. The molecule has 0 saturated heterocycles. The number of hydrogen-bond acceptors (Lipinski definition) is 6. The number of rotatable bonds is 6. The van der Waals surface area contributed by atoms with Crippen LogP contribution in [0.4, 0.5) is 11.6 Å². The van der Waals surface area contributed by atoms with Crippen molar-refractivity contribution in [1.29, 1.82) is 0 Å². The molecule has 0 aliphatic carbocycles. The number of carbonyl (C=O) groups is 1. The zero-order valence-electron chi connectivity index (χ0n) is 11.9. The first-order chi connectivity index (χ1) is 8.96. The summed E-state index contributed by atoms with van der Waals surface area (Å²) in [6, 6.07) is 1.19.